The number of nitrogens with zero attached hydrogens (tertiary/aromatic N) is 1. The van der Waals surface area contributed by atoms with E-state index < -0.39 is 0 Å². The molecule has 0 bridgehead atoms. The van der Waals surface area contributed by atoms with Gasteiger partial charge in [0.1, 0.15) is 11.8 Å². The summed E-state index contributed by atoms with van der Waals surface area (Å²) in [4.78, 5) is 0. The van der Waals surface area contributed by atoms with Crippen LogP contribution in [0.25, 0.3) is 0 Å². The van der Waals surface area contributed by atoms with Crippen molar-refractivity contribution < 1.29 is 4.74 Å². The first-order valence-corrected chi connectivity index (χ1v) is 6.01. The van der Waals surface area contributed by atoms with Gasteiger partial charge in [0.15, 0.2) is 0 Å². The lowest BCUT2D eigenvalue weighted by atomic mass is 10.1. The zero-order chi connectivity index (χ0) is 12.7. The predicted octanol–water partition coefficient (Wildman–Crippen LogP) is 2.85. The second kappa shape index (κ2) is 6.93. The summed E-state index contributed by atoms with van der Waals surface area (Å²) in [5, 5.41) is 12.4. The van der Waals surface area contributed by atoms with Crippen LogP contribution in [0, 0.1) is 11.3 Å². The van der Waals surface area contributed by atoms with Crippen LogP contribution in [0.15, 0.2) is 18.2 Å². The fourth-order valence-corrected chi connectivity index (χ4v) is 1.78. The molecule has 0 saturated carbocycles. The summed E-state index contributed by atoms with van der Waals surface area (Å²) in [6.45, 7) is 5.15. The van der Waals surface area contributed by atoms with Crippen molar-refractivity contribution in [2.45, 2.75) is 39.3 Å². The molecule has 3 heteroatoms. The third kappa shape index (κ3) is 4.08. The fourth-order valence-electron chi connectivity index (χ4n) is 1.78. The van der Waals surface area contributed by atoms with Crippen LogP contribution in [0.2, 0.25) is 0 Å². The highest BCUT2D eigenvalue weighted by atomic mass is 16.5. The molecule has 1 rings (SSSR count). The molecule has 17 heavy (non-hydrogen) atoms. The monoisotopic (exact) mass is 232 g/mol. The Labute approximate surface area is 103 Å². The Kier molecular flexibility index (Phi) is 5.51. The minimum atomic E-state index is 0.507. The Balaban J connectivity index is 2.64. The highest BCUT2D eigenvalue weighted by molar-refractivity contribution is 5.45. The number of nitrogens with one attached hydrogen (secondary N) is 1. The molecular formula is C14H20N2O. The summed E-state index contributed by atoms with van der Waals surface area (Å²) >= 11 is 0. The van der Waals surface area contributed by atoms with Crippen LogP contribution in [0.1, 0.15) is 37.8 Å². The number of rotatable bonds is 6. The van der Waals surface area contributed by atoms with E-state index in [4.69, 9.17) is 10.00 Å². The second-order valence-electron chi connectivity index (χ2n) is 4.22. The number of benzene rings is 1. The van der Waals surface area contributed by atoms with Gasteiger partial charge in [0.05, 0.1) is 12.7 Å². The molecule has 3 nitrogen and oxygen atoms in total. The fraction of sp³-hybridized carbons (Fsp3) is 0.500. The van der Waals surface area contributed by atoms with Crippen molar-refractivity contribution in [1.29, 1.82) is 5.26 Å². The number of methoxy groups -OCH3 is 1. The first-order chi connectivity index (χ1) is 8.21. The molecule has 0 fully saturated rings. The van der Waals surface area contributed by atoms with Crippen molar-refractivity contribution in [2.24, 2.45) is 0 Å². The Morgan fingerprint density at radius 3 is 2.82 bits per heavy atom. The zero-order valence-corrected chi connectivity index (χ0v) is 10.8. The smallest absolute Gasteiger partial charge is 0.136 e. The molecule has 1 aromatic rings. The maximum atomic E-state index is 8.99. The average molecular weight is 232 g/mol. The molecule has 0 heterocycles. The molecule has 92 valence electrons. The van der Waals surface area contributed by atoms with E-state index in [-0.39, 0.29) is 0 Å². The molecule has 0 saturated heterocycles. The summed E-state index contributed by atoms with van der Waals surface area (Å²) in [5.74, 6) is 0.637. The summed E-state index contributed by atoms with van der Waals surface area (Å²) in [5.41, 5.74) is 1.71. The Bertz CT molecular complexity index is 396. The van der Waals surface area contributed by atoms with Crippen LogP contribution in [0.5, 0.6) is 5.75 Å². The van der Waals surface area contributed by atoms with Gasteiger partial charge >= 0.3 is 0 Å². The van der Waals surface area contributed by atoms with Crippen LogP contribution in [-0.4, -0.2) is 13.2 Å². The molecule has 1 aromatic carbocycles. The molecule has 0 radical (unpaired) electrons. The molecule has 1 atom stereocenters. The van der Waals surface area contributed by atoms with Gasteiger partial charge in [0, 0.05) is 12.6 Å². The molecule has 0 aromatic heterocycles. The van der Waals surface area contributed by atoms with Gasteiger partial charge in [-0.15, -0.1) is 0 Å². The van der Waals surface area contributed by atoms with E-state index in [2.05, 4.69) is 25.2 Å². The molecule has 0 spiro atoms. The first kappa shape index (κ1) is 13.5. The van der Waals surface area contributed by atoms with Gasteiger partial charge in [0.2, 0.25) is 0 Å². The third-order valence-electron chi connectivity index (χ3n) is 2.76. The molecule has 0 aliphatic rings. The van der Waals surface area contributed by atoms with E-state index in [9.17, 15) is 0 Å². The van der Waals surface area contributed by atoms with Gasteiger partial charge < -0.3 is 10.1 Å². The van der Waals surface area contributed by atoms with E-state index in [1.165, 1.54) is 12.8 Å². The highest BCUT2D eigenvalue weighted by Gasteiger charge is 2.05. The van der Waals surface area contributed by atoms with Gasteiger partial charge in [0.25, 0.3) is 0 Å². The zero-order valence-electron chi connectivity index (χ0n) is 10.8. The summed E-state index contributed by atoms with van der Waals surface area (Å²) in [6.07, 6.45) is 2.35. The summed E-state index contributed by atoms with van der Waals surface area (Å²) in [7, 11) is 1.58. The van der Waals surface area contributed by atoms with Crippen LogP contribution < -0.4 is 10.1 Å². The first-order valence-electron chi connectivity index (χ1n) is 6.01. The third-order valence-corrected chi connectivity index (χ3v) is 2.76. The number of ether oxygens (including phenoxy) is 1. The number of nitriles is 1. The van der Waals surface area contributed by atoms with E-state index in [1.807, 2.05) is 18.2 Å². The molecule has 0 amide bonds. The summed E-state index contributed by atoms with van der Waals surface area (Å²) in [6, 6.07) is 8.37. The molecule has 0 aliphatic carbocycles. The van der Waals surface area contributed by atoms with Crippen molar-refractivity contribution >= 4 is 0 Å². The Morgan fingerprint density at radius 2 is 2.24 bits per heavy atom. The van der Waals surface area contributed by atoms with Gasteiger partial charge in [-0.1, -0.05) is 19.4 Å². The number of hydrogen-bond donors (Lipinski definition) is 1. The molecule has 0 aliphatic heterocycles. The van der Waals surface area contributed by atoms with Crippen LogP contribution in [-0.2, 0) is 6.54 Å². The topological polar surface area (TPSA) is 45.0 Å². The Hall–Kier alpha value is -1.53. The molecule has 1 N–H and O–H groups in total. The summed E-state index contributed by atoms with van der Waals surface area (Å²) < 4.78 is 5.11. The lowest BCUT2D eigenvalue weighted by molar-refractivity contribution is 0.413. The van der Waals surface area contributed by atoms with Gasteiger partial charge in [-0.2, -0.15) is 5.26 Å². The van der Waals surface area contributed by atoms with Crippen molar-refractivity contribution in [1.82, 2.24) is 5.32 Å². The normalized spacial score (nSPS) is 11.9. The standard InChI is InChI=1S/C14H20N2O/c1-4-5-11(2)16-10-12-6-7-14(17-3)13(8-12)9-15/h6-8,11,16H,4-5,10H2,1-3H3. The van der Waals surface area contributed by atoms with Gasteiger partial charge in [-0.3, -0.25) is 0 Å². The van der Waals surface area contributed by atoms with E-state index >= 15 is 0 Å². The number of hydrogen-bond acceptors (Lipinski definition) is 3. The SMILES string of the molecule is CCCC(C)NCc1ccc(OC)c(C#N)c1. The van der Waals surface area contributed by atoms with Gasteiger partial charge in [-0.05, 0) is 31.0 Å². The van der Waals surface area contributed by atoms with Crippen molar-refractivity contribution in [2.75, 3.05) is 7.11 Å². The second-order valence-corrected chi connectivity index (χ2v) is 4.22. The van der Waals surface area contributed by atoms with Crippen LogP contribution in [0.4, 0.5) is 0 Å². The minimum absolute atomic E-state index is 0.507. The maximum Gasteiger partial charge on any atom is 0.136 e. The lowest BCUT2D eigenvalue weighted by Gasteiger charge is -2.13. The quantitative estimate of drug-likeness (QED) is 0.820. The van der Waals surface area contributed by atoms with Crippen LogP contribution >= 0.6 is 0 Å². The van der Waals surface area contributed by atoms with Crippen molar-refractivity contribution in [3.63, 3.8) is 0 Å². The predicted molar refractivity (Wildman–Crippen MR) is 68.9 cm³/mol. The van der Waals surface area contributed by atoms with Crippen LogP contribution in [0.3, 0.4) is 0 Å². The van der Waals surface area contributed by atoms with E-state index in [1.54, 1.807) is 7.11 Å². The Morgan fingerprint density at radius 1 is 1.47 bits per heavy atom. The maximum absolute atomic E-state index is 8.99. The minimum Gasteiger partial charge on any atom is -0.495 e. The van der Waals surface area contributed by atoms with Crippen molar-refractivity contribution in [3.05, 3.63) is 29.3 Å². The van der Waals surface area contributed by atoms with Gasteiger partial charge in [-0.25, -0.2) is 0 Å². The lowest BCUT2D eigenvalue weighted by Crippen LogP contribution is -2.25. The van der Waals surface area contributed by atoms with Crippen molar-refractivity contribution in [3.8, 4) is 11.8 Å². The largest absolute Gasteiger partial charge is 0.495 e. The molecule has 1 unspecified atom stereocenters. The highest BCUT2D eigenvalue weighted by Crippen LogP contribution is 2.18. The van der Waals surface area contributed by atoms with E-state index in [0.717, 1.165) is 12.1 Å². The van der Waals surface area contributed by atoms with E-state index in [0.29, 0.717) is 17.4 Å². The molecular weight excluding hydrogens is 212 g/mol. The average Bonchev–Trinajstić information content (AvgIpc) is 2.36.